The van der Waals surface area contributed by atoms with Gasteiger partial charge in [0.25, 0.3) is 23.6 Å². The number of methoxy groups -OCH3 is 2. The van der Waals surface area contributed by atoms with Crippen molar-refractivity contribution in [3.05, 3.63) is 130 Å². The van der Waals surface area contributed by atoms with Crippen molar-refractivity contribution in [2.24, 2.45) is 0 Å². The molecule has 0 saturated heterocycles. The van der Waals surface area contributed by atoms with E-state index in [-0.39, 0.29) is 56.9 Å². The molecule has 0 aromatic heterocycles. The molecule has 320 valence electrons. The molecule has 0 aliphatic heterocycles. The minimum atomic E-state index is -1.43. The molecular formula is C44H41N5O13. The molecule has 0 aliphatic rings. The van der Waals surface area contributed by atoms with E-state index in [1.165, 1.54) is 92.9 Å². The zero-order valence-electron chi connectivity index (χ0n) is 33.5. The number of carboxylic acid groups (broad SMARTS) is 1. The van der Waals surface area contributed by atoms with Crippen LogP contribution < -0.4 is 36.1 Å². The number of phenols is 3. The molecule has 0 spiro atoms. The van der Waals surface area contributed by atoms with Gasteiger partial charge >= 0.3 is 5.97 Å². The van der Waals surface area contributed by atoms with E-state index in [2.05, 4.69) is 26.6 Å². The zero-order valence-corrected chi connectivity index (χ0v) is 33.5. The maximum Gasteiger partial charge on any atom is 0.339 e. The van der Waals surface area contributed by atoms with Crippen LogP contribution in [0, 0.1) is 0 Å². The highest BCUT2D eigenvalue weighted by atomic mass is 16.5. The van der Waals surface area contributed by atoms with Gasteiger partial charge in [-0.15, -0.1) is 0 Å². The Morgan fingerprint density at radius 1 is 0.597 bits per heavy atom. The topological polar surface area (TPSA) is 282 Å². The Bertz CT molecular complexity index is 2550. The highest BCUT2D eigenvalue weighted by Gasteiger charge is 2.27. The molecule has 10 N–H and O–H groups in total. The number of anilines is 4. The first-order chi connectivity index (χ1) is 29.5. The van der Waals surface area contributed by atoms with Crippen LogP contribution in [0.25, 0.3) is 6.08 Å². The number of phenolic OH excluding ortho intramolecular Hbond substituents is 2. The summed E-state index contributed by atoms with van der Waals surface area (Å²) in [6.45, 7) is 2.94. The number of hydrogen-bond acceptors (Lipinski definition) is 12. The average Bonchev–Trinajstić information content (AvgIpc) is 3.23. The van der Waals surface area contributed by atoms with Crippen LogP contribution in [0.4, 0.5) is 22.7 Å². The quantitative estimate of drug-likeness (QED) is 0.0609. The van der Waals surface area contributed by atoms with Crippen molar-refractivity contribution < 1.29 is 63.8 Å². The summed E-state index contributed by atoms with van der Waals surface area (Å²) in [5.74, 6) is -6.69. The molecule has 5 rings (SSSR count). The first-order valence-electron chi connectivity index (χ1n) is 18.5. The molecule has 5 aromatic carbocycles. The lowest BCUT2D eigenvalue weighted by Crippen LogP contribution is -2.50. The predicted molar refractivity (Wildman–Crippen MR) is 227 cm³/mol. The monoisotopic (exact) mass is 847 g/mol. The summed E-state index contributed by atoms with van der Waals surface area (Å²) in [7, 11) is 2.35. The van der Waals surface area contributed by atoms with Gasteiger partial charge in [0, 0.05) is 28.1 Å². The van der Waals surface area contributed by atoms with Crippen molar-refractivity contribution in [3.8, 4) is 28.7 Å². The SMILES string of the molecule is COc1c(NC(=O)c2ccc(NC(=O)c3ccc(NC(=O)C(NC(=O)c4ccc(NC(=O)/C(C)=C/c5ccc(O)cc5)cc4)[C@@H](C)O)cc3)c(OC)c2O)ccc(C(=O)O)c1O. The molecule has 0 saturated carbocycles. The normalized spacial score (nSPS) is 11.9. The van der Waals surface area contributed by atoms with Crippen molar-refractivity contribution in [1.29, 1.82) is 0 Å². The lowest BCUT2D eigenvalue weighted by atomic mass is 10.1. The number of benzene rings is 5. The molecule has 0 radical (unpaired) electrons. The number of hydrogen-bond donors (Lipinski definition) is 10. The van der Waals surface area contributed by atoms with Crippen molar-refractivity contribution in [2.45, 2.75) is 26.0 Å². The summed E-state index contributed by atoms with van der Waals surface area (Å²) in [5.41, 5.74) is 1.09. The minimum absolute atomic E-state index is 0.0194. The Morgan fingerprint density at radius 2 is 1.08 bits per heavy atom. The number of aliphatic hydroxyl groups excluding tert-OH is 1. The van der Waals surface area contributed by atoms with E-state index in [0.717, 1.165) is 13.2 Å². The fourth-order valence-corrected chi connectivity index (χ4v) is 5.87. The third-order valence-electron chi connectivity index (χ3n) is 9.15. The van der Waals surface area contributed by atoms with Crippen LogP contribution in [0.3, 0.4) is 0 Å². The second kappa shape index (κ2) is 19.6. The molecule has 1 unspecified atom stereocenters. The standard InChI is InChI=1S/C44H41N5O13/c1-22(21-24-5-15-29(51)16-6-24)39(54)45-27-11-9-26(10-12-27)41(56)49-34(23(2)50)43(58)46-28-13-7-25(8-14-28)40(55)47-32-19-17-30(35(52)37(32)61-3)42(57)48-33-20-18-31(44(59)60)36(53)38(33)62-4/h5-21,23,34,50-53H,1-4H3,(H,45,54)(H,46,58)(H,47,55)(H,48,57)(H,49,56)(H,59,60)/b22-21+/t23-,34?/m1/s1. The van der Waals surface area contributed by atoms with Gasteiger partial charge in [-0.25, -0.2) is 4.79 Å². The molecule has 2 atom stereocenters. The van der Waals surface area contributed by atoms with Gasteiger partial charge in [0.2, 0.25) is 5.91 Å². The van der Waals surface area contributed by atoms with Crippen LogP contribution in [0.15, 0.2) is 103 Å². The summed E-state index contributed by atoms with van der Waals surface area (Å²) in [4.78, 5) is 76.6. The lowest BCUT2D eigenvalue weighted by Gasteiger charge is -2.21. The van der Waals surface area contributed by atoms with Gasteiger partial charge in [-0.1, -0.05) is 12.1 Å². The Labute approximate surface area is 353 Å². The summed E-state index contributed by atoms with van der Waals surface area (Å²) < 4.78 is 10.3. The number of carboxylic acids is 1. The third-order valence-corrected chi connectivity index (χ3v) is 9.15. The van der Waals surface area contributed by atoms with E-state index in [1.807, 2.05) is 0 Å². The van der Waals surface area contributed by atoms with E-state index < -0.39 is 58.8 Å². The Kier molecular flexibility index (Phi) is 14.1. The summed E-state index contributed by atoms with van der Waals surface area (Å²) >= 11 is 0. The fourth-order valence-electron chi connectivity index (χ4n) is 5.87. The Balaban J connectivity index is 1.18. The van der Waals surface area contributed by atoms with Gasteiger partial charge in [0.15, 0.2) is 23.0 Å². The maximum atomic E-state index is 13.2. The maximum absolute atomic E-state index is 13.2. The molecule has 0 heterocycles. The van der Waals surface area contributed by atoms with Crippen molar-refractivity contribution >= 4 is 64.3 Å². The highest BCUT2D eigenvalue weighted by molar-refractivity contribution is 6.11. The number of carbonyl (C=O) groups excluding carboxylic acids is 5. The van der Waals surface area contributed by atoms with Crippen LogP contribution >= 0.6 is 0 Å². The van der Waals surface area contributed by atoms with Crippen molar-refractivity contribution in [1.82, 2.24) is 5.32 Å². The Morgan fingerprint density at radius 3 is 1.60 bits per heavy atom. The first-order valence-corrected chi connectivity index (χ1v) is 18.5. The largest absolute Gasteiger partial charge is 0.508 e. The average molecular weight is 848 g/mol. The summed E-state index contributed by atoms with van der Waals surface area (Å²) in [5, 5.41) is 63.1. The molecular weight excluding hydrogens is 807 g/mol. The van der Waals surface area contributed by atoms with Crippen LogP contribution in [0.5, 0.6) is 28.7 Å². The molecule has 18 nitrogen and oxygen atoms in total. The predicted octanol–water partition coefficient (Wildman–Crippen LogP) is 5.18. The summed E-state index contributed by atoms with van der Waals surface area (Å²) in [6.07, 6.45) is 0.322. The van der Waals surface area contributed by atoms with Crippen molar-refractivity contribution in [2.75, 3.05) is 35.5 Å². The van der Waals surface area contributed by atoms with Crippen LogP contribution in [-0.4, -0.2) is 87.4 Å². The number of aromatic carboxylic acids is 1. The third kappa shape index (κ3) is 10.6. The van der Waals surface area contributed by atoms with Gasteiger partial charge in [-0.3, -0.25) is 24.0 Å². The van der Waals surface area contributed by atoms with Gasteiger partial charge in [0.05, 0.1) is 37.3 Å². The van der Waals surface area contributed by atoms with Crippen LogP contribution in [0.1, 0.15) is 60.8 Å². The fraction of sp³-hybridized carbons (Fsp3) is 0.136. The highest BCUT2D eigenvalue weighted by Crippen LogP contribution is 2.40. The van der Waals surface area contributed by atoms with Gasteiger partial charge in [-0.05, 0) is 110 Å². The molecule has 0 fully saturated rings. The number of aromatic hydroxyl groups is 3. The molecule has 5 amide bonds. The Hall–Kier alpha value is -8.38. The number of nitrogens with one attached hydrogen (secondary N) is 5. The van der Waals surface area contributed by atoms with Gasteiger partial charge in [0.1, 0.15) is 17.4 Å². The van der Waals surface area contributed by atoms with Crippen LogP contribution in [-0.2, 0) is 9.59 Å². The van der Waals surface area contributed by atoms with E-state index in [1.54, 1.807) is 25.1 Å². The van der Waals surface area contributed by atoms with E-state index in [4.69, 9.17) is 9.47 Å². The molecule has 0 bridgehead atoms. The number of ether oxygens (including phenoxy) is 2. The van der Waals surface area contributed by atoms with E-state index in [9.17, 15) is 54.3 Å². The molecule has 62 heavy (non-hydrogen) atoms. The smallest absolute Gasteiger partial charge is 0.339 e. The molecule has 0 aliphatic carbocycles. The van der Waals surface area contributed by atoms with Crippen molar-refractivity contribution in [3.63, 3.8) is 0 Å². The van der Waals surface area contributed by atoms with Gasteiger partial charge < -0.3 is 61.6 Å². The minimum Gasteiger partial charge on any atom is -0.508 e. The number of rotatable bonds is 15. The second-order valence-electron chi connectivity index (χ2n) is 13.5. The molecule has 5 aromatic rings. The summed E-state index contributed by atoms with van der Waals surface area (Å²) in [6, 6.07) is 21.1. The lowest BCUT2D eigenvalue weighted by molar-refractivity contribution is -0.120. The molecule has 18 heteroatoms. The number of carbonyl (C=O) groups is 6. The van der Waals surface area contributed by atoms with Crippen LogP contribution in [0.2, 0.25) is 0 Å². The second-order valence-corrected chi connectivity index (χ2v) is 13.5. The van der Waals surface area contributed by atoms with Gasteiger partial charge in [-0.2, -0.15) is 0 Å². The number of amides is 5. The van der Waals surface area contributed by atoms with E-state index in [0.29, 0.717) is 16.8 Å². The first kappa shape index (κ1) is 44.7. The zero-order chi connectivity index (χ0) is 45.2. The number of aliphatic hydroxyl groups is 1. The van der Waals surface area contributed by atoms with E-state index >= 15 is 0 Å².